The van der Waals surface area contributed by atoms with Crippen LogP contribution in [0.2, 0.25) is 0 Å². The molecule has 0 saturated heterocycles. The number of benzene rings is 1. The van der Waals surface area contributed by atoms with Crippen molar-refractivity contribution in [2.45, 2.75) is 56.2 Å². The first-order chi connectivity index (χ1) is 8.81. The maximum atomic E-state index is 8.82. The van der Waals surface area contributed by atoms with Crippen molar-refractivity contribution < 1.29 is 5.11 Å². The van der Waals surface area contributed by atoms with Crippen molar-refractivity contribution in [3.8, 4) is 0 Å². The quantitative estimate of drug-likeness (QED) is 0.760. The van der Waals surface area contributed by atoms with Crippen molar-refractivity contribution in [2.75, 3.05) is 6.61 Å². The maximum absolute atomic E-state index is 8.82. The highest BCUT2D eigenvalue weighted by molar-refractivity contribution is 6.20. The zero-order chi connectivity index (χ0) is 12.8. The third-order valence-electron chi connectivity index (χ3n) is 3.99. The van der Waals surface area contributed by atoms with Gasteiger partial charge in [-0.3, -0.25) is 0 Å². The minimum Gasteiger partial charge on any atom is -0.396 e. The van der Waals surface area contributed by atoms with Crippen LogP contribution in [-0.2, 0) is 0 Å². The topological polar surface area (TPSA) is 20.2 Å². The Bertz CT molecular complexity index is 341. The van der Waals surface area contributed by atoms with Crippen molar-refractivity contribution in [3.05, 3.63) is 35.4 Å². The van der Waals surface area contributed by atoms with E-state index in [0.717, 1.165) is 18.8 Å². The molecule has 1 aromatic rings. The molecule has 1 aliphatic rings. The van der Waals surface area contributed by atoms with Crippen LogP contribution in [0, 0.1) is 0 Å². The normalized spacial score (nSPS) is 18.8. The van der Waals surface area contributed by atoms with E-state index in [4.69, 9.17) is 16.7 Å². The number of hydrogen-bond donors (Lipinski definition) is 1. The third-order valence-corrected chi connectivity index (χ3v) is 4.46. The summed E-state index contributed by atoms with van der Waals surface area (Å²) in [6.45, 7) is 0.226. The summed E-state index contributed by atoms with van der Waals surface area (Å²) in [6, 6.07) is 8.83. The van der Waals surface area contributed by atoms with Gasteiger partial charge < -0.3 is 5.11 Å². The molecule has 1 aliphatic carbocycles. The highest BCUT2D eigenvalue weighted by Crippen LogP contribution is 2.34. The highest BCUT2D eigenvalue weighted by Gasteiger charge is 2.15. The van der Waals surface area contributed by atoms with Gasteiger partial charge in [0, 0.05) is 6.61 Å². The molecule has 0 aliphatic heterocycles. The number of alkyl halides is 1. The van der Waals surface area contributed by atoms with Crippen LogP contribution in [0.25, 0.3) is 0 Å². The summed E-state index contributed by atoms with van der Waals surface area (Å²) in [5.74, 6) is 0.763. The van der Waals surface area contributed by atoms with E-state index in [1.54, 1.807) is 0 Å². The molecule has 100 valence electrons. The second-order valence-corrected chi connectivity index (χ2v) is 5.86. The molecule has 0 radical (unpaired) electrons. The fraction of sp³-hybridized carbons (Fsp3) is 0.625. The lowest BCUT2D eigenvalue weighted by atomic mass is 9.84. The van der Waals surface area contributed by atoms with Gasteiger partial charge in [0.1, 0.15) is 0 Å². The Balaban J connectivity index is 1.95. The predicted molar refractivity (Wildman–Crippen MR) is 77.2 cm³/mol. The lowest BCUT2D eigenvalue weighted by Crippen LogP contribution is -2.04. The van der Waals surface area contributed by atoms with E-state index < -0.39 is 0 Å². The van der Waals surface area contributed by atoms with Crippen LogP contribution in [0.3, 0.4) is 0 Å². The van der Waals surface area contributed by atoms with Gasteiger partial charge in [-0.05, 0) is 42.7 Å². The molecule has 1 atom stereocenters. The second kappa shape index (κ2) is 7.16. The van der Waals surface area contributed by atoms with Crippen molar-refractivity contribution in [3.63, 3.8) is 0 Å². The molecule has 0 amide bonds. The Hall–Kier alpha value is -0.530. The molecule has 1 fully saturated rings. The highest BCUT2D eigenvalue weighted by atomic mass is 35.5. The van der Waals surface area contributed by atoms with Crippen LogP contribution in [0.5, 0.6) is 0 Å². The third kappa shape index (κ3) is 3.73. The van der Waals surface area contributed by atoms with E-state index in [9.17, 15) is 0 Å². The van der Waals surface area contributed by atoms with Gasteiger partial charge in [-0.25, -0.2) is 0 Å². The van der Waals surface area contributed by atoms with E-state index >= 15 is 0 Å². The largest absolute Gasteiger partial charge is 0.396 e. The summed E-state index contributed by atoms with van der Waals surface area (Å²) in [5, 5.41) is 8.86. The first kappa shape index (κ1) is 13.9. The molecule has 0 bridgehead atoms. The maximum Gasteiger partial charge on any atom is 0.0586 e. The molecular weight excluding hydrogens is 244 g/mol. The van der Waals surface area contributed by atoms with Gasteiger partial charge in [0.25, 0.3) is 0 Å². The molecule has 0 heterocycles. The number of rotatable bonds is 5. The molecule has 0 spiro atoms. The minimum absolute atomic E-state index is 0.0394. The van der Waals surface area contributed by atoms with Crippen LogP contribution in [-0.4, -0.2) is 11.7 Å². The van der Waals surface area contributed by atoms with E-state index in [0.29, 0.717) is 0 Å². The second-order valence-electron chi connectivity index (χ2n) is 5.33. The lowest BCUT2D eigenvalue weighted by molar-refractivity contribution is 0.284. The monoisotopic (exact) mass is 266 g/mol. The smallest absolute Gasteiger partial charge is 0.0586 e. The molecule has 2 rings (SSSR count). The van der Waals surface area contributed by atoms with Crippen LogP contribution < -0.4 is 0 Å². The van der Waals surface area contributed by atoms with Crippen molar-refractivity contribution in [2.24, 2.45) is 0 Å². The van der Waals surface area contributed by atoms with Crippen LogP contribution in [0.15, 0.2) is 24.3 Å². The van der Waals surface area contributed by atoms with Gasteiger partial charge in [0.05, 0.1) is 5.38 Å². The van der Waals surface area contributed by atoms with E-state index in [-0.39, 0.29) is 12.0 Å². The van der Waals surface area contributed by atoms with Crippen LogP contribution >= 0.6 is 11.6 Å². The van der Waals surface area contributed by atoms with Gasteiger partial charge >= 0.3 is 0 Å². The van der Waals surface area contributed by atoms with E-state index in [1.165, 1.54) is 43.2 Å². The van der Waals surface area contributed by atoms with Gasteiger partial charge in [0.15, 0.2) is 0 Å². The standard InChI is InChI=1S/C16H23ClO/c17-16(7-4-12-18)15-10-8-14(9-11-15)13-5-2-1-3-6-13/h8-11,13,16,18H,1-7,12H2. The van der Waals surface area contributed by atoms with Crippen LogP contribution in [0.1, 0.15) is 67.4 Å². The summed E-state index contributed by atoms with van der Waals surface area (Å²) < 4.78 is 0. The summed E-state index contributed by atoms with van der Waals surface area (Å²) in [7, 11) is 0. The molecule has 1 N–H and O–H groups in total. The molecule has 18 heavy (non-hydrogen) atoms. The summed E-state index contributed by atoms with van der Waals surface area (Å²) in [4.78, 5) is 0. The summed E-state index contributed by atoms with van der Waals surface area (Å²) in [6.07, 6.45) is 8.46. The molecule has 1 unspecified atom stereocenters. The zero-order valence-electron chi connectivity index (χ0n) is 10.9. The predicted octanol–water partition coefficient (Wildman–Crippen LogP) is 4.79. The van der Waals surface area contributed by atoms with Gasteiger partial charge in [-0.2, -0.15) is 0 Å². The lowest BCUT2D eigenvalue weighted by Gasteiger charge is -2.22. The minimum atomic E-state index is 0.0394. The molecule has 1 aromatic carbocycles. The fourth-order valence-electron chi connectivity index (χ4n) is 2.85. The van der Waals surface area contributed by atoms with Crippen molar-refractivity contribution >= 4 is 11.6 Å². The van der Waals surface area contributed by atoms with Gasteiger partial charge in [-0.1, -0.05) is 43.5 Å². The number of halogens is 1. The summed E-state index contributed by atoms with van der Waals surface area (Å²) >= 11 is 6.31. The molecule has 0 aromatic heterocycles. The first-order valence-corrected chi connectivity index (χ1v) is 7.59. The Morgan fingerprint density at radius 3 is 2.39 bits per heavy atom. The van der Waals surface area contributed by atoms with Crippen molar-refractivity contribution in [1.82, 2.24) is 0 Å². The molecular formula is C16H23ClO. The Morgan fingerprint density at radius 2 is 1.78 bits per heavy atom. The Morgan fingerprint density at radius 1 is 1.11 bits per heavy atom. The first-order valence-electron chi connectivity index (χ1n) is 7.16. The number of aliphatic hydroxyl groups excluding tert-OH is 1. The average Bonchev–Trinajstić information content (AvgIpc) is 2.46. The number of hydrogen-bond acceptors (Lipinski definition) is 1. The fourth-order valence-corrected chi connectivity index (χ4v) is 3.15. The molecule has 1 nitrogen and oxygen atoms in total. The van der Waals surface area contributed by atoms with Gasteiger partial charge in [-0.15, -0.1) is 11.6 Å². The Labute approximate surface area is 115 Å². The zero-order valence-corrected chi connectivity index (χ0v) is 11.7. The van der Waals surface area contributed by atoms with Crippen LogP contribution in [0.4, 0.5) is 0 Å². The van der Waals surface area contributed by atoms with Crippen molar-refractivity contribution in [1.29, 1.82) is 0 Å². The van der Waals surface area contributed by atoms with Gasteiger partial charge in [0.2, 0.25) is 0 Å². The summed E-state index contributed by atoms with van der Waals surface area (Å²) in [5.41, 5.74) is 2.66. The SMILES string of the molecule is OCCCC(Cl)c1ccc(C2CCCCC2)cc1. The molecule has 1 saturated carbocycles. The average molecular weight is 267 g/mol. The molecule has 2 heteroatoms. The Kier molecular flexibility index (Phi) is 5.52. The van der Waals surface area contributed by atoms with E-state index in [1.807, 2.05) is 0 Å². The number of aliphatic hydroxyl groups is 1. The van der Waals surface area contributed by atoms with E-state index in [2.05, 4.69) is 24.3 Å².